The molecule has 1 fully saturated rings. The third-order valence-corrected chi connectivity index (χ3v) is 6.55. The number of anilines is 2. The van der Waals surface area contributed by atoms with Crippen molar-refractivity contribution in [2.45, 2.75) is 19.8 Å². The first kappa shape index (κ1) is 20.0. The maximum absolute atomic E-state index is 12.4. The fourth-order valence-electron chi connectivity index (χ4n) is 3.24. The Morgan fingerprint density at radius 1 is 1.11 bits per heavy atom. The summed E-state index contributed by atoms with van der Waals surface area (Å²) < 4.78 is 36.0. The molecule has 1 N–H and O–H groups in total. The van der Waals surface area contributed by atoms with E-state index in [9.17, 15) is 13.2 Å². The van der Waals surface area contributed by atoms with E-state index in [4.69, 9.17) is 9.47 Å². The molecule has 0 aromatic heterocycles. The highest BCUT2D eigenvalue weighted by atomic mass is 32.2. The van der Waals surface area contributed by atoms with E-state index in [2.05, 4.69) is 5.32 Å². The van der Waals surface area contributed by atoms with E-state index in [1.54, 1.807) is 44.6 Å². The van der Waals surface area contributed by atoms with Crippen LogP contribution in [-0.4, -0.2) is 40.8 Å². The second-order valence-corrected chi connectivity index (χ2v) is 8.67. The third-order valence-electron chi connectivity index (χ3n) is 4.68. The number of ether oxygens (including phenoxy) is 2. The van der Waals surface area contributed by atoms with Crippen LogP contribution in [-0.2, 0) is 21.2 Å². The van der Waals surface area contributed by atoms with Crippen LogP contribution in [0.2, 0.25) is 0 Å². The molecule has 0 saturated carbocycles. The molecule has 1 aliphatic rings. The summed E-state index contributed by atoms with van der Waals surface area (Å²) in [6.07, 6.45) is 0.813. The predicted molar refractivity (Wildman–Crippen MR) is 109 cm³/mol. The predicted octanol–water partition coefficient (Wildman–Crippen LogP) is 2.73. The standard InChI is InChI=1S/C20H24N2O5S/c1-14-11-16(22-9-4-10-28(22,24)25)6-7-17(14)21-20(23)13-15-5-8-18(26-2)19(12-15)27-3/h5-8,11-12H,4,9-10,13H2,1-3H3,(H,21,23). The average molecular weight is 404 g/mol. The molecule has 0 aliphatic carbocycles. The Morgan fingerprint density at radius 3 is 2.46 bits per heavy atom. The Bertz CT molecular complexity index is 988. The van der Waals surface area contributed by atoms with Gasteiger partial charge in [0, 0.05) is 12.2 Å². The van der Waals surface area contributed by atoms with Crippen LogP contribution in [0.15, 0.2) is 36.4 Å². The first-order chi connectivity index (χ1) is 13.3. The number of nitrogens with one attached hydrogen (secondary N) is 1. The van der Waals surface area contributed by atoms with Gasteiger partial charge in [0.05, 0.1) is 32.1 Å². The zero-order chi connectivity index (χ0) is 20.3. The van der Waals surface area contributed by atoms with Gasteiger partial charge in [-0.25, -0.2) is 8.42 Å². The van der Waals surface area contributed by atoms with Crippen LogP contribution in [0.5, 0.6) is 11.5 Å². The number of nitrogens with zero attached hydrogens (tertiary/aromatic N) is 1. The van der Waals surface area contributed by atoms with Gasteiger partial charge in [-0.1, -0.05) is 6.07 Å². The van der Waals surface area contributed by atoms with E-state index in [0.717, 1.165) is 11.1 Å². The molecule has 0 radical (unpaired) electrons. The van der Waals surface area contributed by atoms with Gasteiger partial charge in [-0.2, -0.15) is 0 Å². The van der Waals surface area contributed by atoms with Gasteiger partial charge in [0.15, 0.2) is 11.5 Å². The van der Waals surface area contributed by atoms with E-state index in [0.29, 0.717) is 35.8 Å². The molecule has 2 aromatic carbocycles. The minimum Gasteiger partial charge on any atom is -0.493 e. The molecule has 0 atom stereocenters. The van der Waals surface area contributed by atoms with Crippen LogP contribution < -0.4 is 19.1 Å². The smallest absolute Gasteiger partial charge is 0.235 e. The first-order valence-electron chi connectivity index (χ1n) is 8.96. The van der Waals surface area contributed by atoms with Gasteiger partial charge in [0.2, 0.25) is 15.9 Å². The summed E-state index contributed by atoms with van der Waals surface area (Å²) in [6, 6.07) is 10.6. The summed E-state index contributed by atoms with van der Waals surface area (Å²) in [5, 5.41) is 2.88. The normalized spacial score (nSPS) is 15.3. The molecule has 7 nitrogen and oxygen atoms in total. The molecule has 2 aromatic rings. The zero-order valence-corrected chi connectivity index (χ0v) is 17.0. The van der Waals surface area contributed by atoms with Crippen LogP contribution in [0.4, 0.5) is 11.4 Å². The highest BCUT2D eigenvalue weighted by molar-refractivity contribution is 7.93. The van der Waals surface area contributed by atoms with Gasteiger partial charge in [0.25, 0.3) is 0 Å². The minimum absolute atomic E-state index is 0.170. The number of benzene rings is 2. The van der Waals surface area contributed by atoms with Crippen molar-refractivity contribution in [1.29, 1.82) is 0 Å². The molecule has 3 rings (SSSR count). The Labute approximate surface area is 165 Å². The second kappa shape index (κ2) is 8.10. The van der Waals surface area contributed by atoms with Crippen molar-refractivity contribution in [3.8, 4) is 11.5 Å². The van der Waals surface area contributed by atoms with Crippen molar-refractivity contribution in [3.05, 3.63) is 47.5 Å². The Hall–Kier alpha value is -2.74. The fraction of sp³-hybridized carbons (Fsp3) is 0.350. The molecule has 1 amide bonds. The number of carbonyl (C=O) groups excluding carboxylic acids is 1. The number of hydrogen-bond acceptors (Lipinski definition) is 5. The van der Waals surface area contributed by atoms with E-state index in [1.807, 2.05) is 13.0 Å². The summed E-state index contributed by atoms with van der Waals surface area (Å²) in [6.45, 7) is 2.34. The van der Waals surface area contributed by atoms with Crippen LogP contribution >= 0.6 is 0 Å². The summed E-state index contributed by atoms with van der Waals surface area (Å²) >= 11 is 0. The summed E-state index contributed by atoms with van der Waals surface area (Å²) in [4.78, 5) is 12.4. The maximum Gasteiger partial charge on any atom is 0.235 e. The Morgan fingerprint density at radius 2 is 1.86 bits per heavy atom. The summed E-state index contributed by atoms with van der Waals surface area (Å²) in [5.74, 6) is 1.18. The van der Waals surface area contributed by atoms with Gasteiger partial charge >= 0.3 is 0 Å². The maximum atomic E-state index is 12.4. The number of aryl methyl sites for hydroxylation is 1. The molecule has 28 heavy (non-hydrogen) atoms. The Balaban J connectivity index is 1.71. The lowest BCUT2D eigenvalue weighted by Gasteiger charge is -2.18. The van der Waals surface area contributed by atoms with Gasteiger partial charge in [-0.05, 0) is 54.8 Å². The number of carbonyl (C=O) groups is 1. The quantitative estimate of drug-likeness (QED) is 0.800. The van der Waals surface area contributed by atoms with E-state index < -0.39 is 10.0 Å². The first-order valence-corrected chi connectivity index (χ1v) is 10.6. The zero-order valence-electron chi connectivity index (χ0n) is 16.2. The van der Waals surface area contributed by atoms with Gasteiger partial charge in [0.1, 0.15) is 0 Å². The topological polar surface area (TPSA) is 84.9 Å². The molecule has 0 bridgehead atoms. The van der Waals surface area contributed by atoms with Crippen molar-refractivity contribution in [3.63, 3.8) is 0 Å². The number of rotatable bonds is 6. The van der Waals surface area contributed by atoms with Crippen molar-refractivity contribution < 1.29 is 22.7 Å². The lowest BCUT2D eigenvalue weighted by molar-refractivity contribution is -0.115. The molecule has 0 spiro atoms. The lowest BCUT2D eigenvalue weighted by Crippen LogP contribution is -2.25. The number of hydrogen-bond donors (Lipinski definition) is 1. The molecular weight excluding hydrogens is 380 g/mol. The SMILES string of the molecule is COc1ccc(CC(=O)Nc2ccc(N3CCCS3(=O)=O)cc2C)cc1OC. The molecule has 1 saturated heterocycles. The molecule has 8 heteroatoms. The Kier molecular flexibility index (Phi) is 5.79. The van der Waals surface area contributed by atoms with Crippen LogP contribution in [0.1, 0.15) is 17.5 Å². The molecule has 150 valence electrons. The van der Waals surface area contributed by atoms with Crippen LogP contribution in [0.3, 0.4) is 0 Å². The van der Waals surface area contributed by atoms with E-state index in [-0.39, 0.29) is 18.1 Å². The number of sulfonamides is 1. The number of amides is 1. The molecular formula is C20H24N2O5S. The summed E-state index contributed by atoms with van der Waals surface area (Å²) in [5.41, 5.74) is 2.89. The lowest BCUT2D eigenvalue weighted by atomic mass is 10.1. The van der Waals surface area contributed by atoms with Crippen molar-refractivity contribution in [2.75, 3.05) is 36.1 Å². The highest BCUT2D eigenvalue weighted by Crippen LogP contribution is 2.29. The third kappa shape index (κ3) is 4.22. The average Bonchev–Trinajstić information content (AvgIpc) is 3.02. The fourth-order valence-corrected chi connectivity index (χ4v) is 4.80. The van der Waals surface area contributed by atoms with Crippen LogP contribution in [0.25, 0.3) is 0 Å². The molecule has 1 aliphatic heterocycles. The molecule has 1 heterocycles. The highest BCUT2D eigenvalue weighted by Gasteiger charge is 2.28. The number of methoxy groups -OCH3 is 2. The monoisotopic (exact) mass is 404 g/mol. The second-order valence-electron chi connectivity index (χ2n) is 6.66. The van der Waals surface area contributed by atoms with Gasteiger partial charge < -0.3 is 14.8 Å². The van der Waals surface area contributed by atoms with Gasteiger partial charge in [-0.3, -0.25) is 9.10 Å². The van der Waals surface area contributed by atoms with Gasteiger partial charge in [-0.15, -0.1) is 0 Å². The van der Waals surface area contributed by atoms with E-state index in [1.165, 1.54) is 4.31 Å². The van der Waals surface area contributed by atoms with Crippen molar-refractivity contribution >= 4 is 27.3 Å². The van der Waals surface area contributed by atoms with Crippen LogP contribution in [0, 0.1) is 6.92 Å². The van der Waals surface area contributed by atoms with E-state index >= 15 is 0 Å². The minimum atomic E-state index is -3.22. The van der Waals surface area contributed by atoms with Crippen molar-refractivity contribution in [1.82, 2.24) is 0 Å². The summed E-state index contributed by atoms with van der Waals surface area (Å²) in [7, 11) is -0.114. The van der Waals surface area contributed by atoms with Crippen molar-refractivity contribution in [2.24, 2.45) is 0 Å². The molecule has 0 unspecified atom stereocenters. The largest absolute Gasteiger partial charge is 0.493 e.